The van der Waals surface area contributed by atoms with Gasteiger partial charge in [0.1, 0.15) is 0 Å². The molecule has 1 unspecified atom stereocenters. The molecule has 0 amide bonds. The van der Waals surface area contributed by atoms with Crippen molar-refractivity contribution < 1.29 is 13.3 Å². The molecule has 0 spiro atoms. The fourth-order valence-corrected chi connectivity index (χ4v) is 6.55. The molecule has 0 aliphatic heterocycles. The van der Waals surface area contributed by atoms with Crippen LogP contribution in [0.25, 0.3) is 0 Å². The molecule has 6 heteroatoms. The molecule has 0 bridgehead atoms. The second kappa shape index (κ2) is 11.5. The van der Waals surface area contributed by atoms with Crippen LogP contribution < -0.4 is 0 Å². The van der Waals surface area contributed by atoms with Crippen molar-refractivity contribution in [2.24, 2.45) is 10.9 Å². The van der Waals surface area contributed by atoms with Gasteiger partial charge in [0.2, 0.25) is 0 Å². The van der Waals surface area contributed by atoms with Gasteiger partial charge in [-0.05, 0) is 46.5 Å². The molecule has 0 aliphatic rings. The van der Waals surface area contributed by atoms with E-state index in [1.807, 2.05) is 20.8 Å². The summed E-state index contributed by atoms with van der Waals surface area (Å²) in [7, 11) is -1.43. The van der Waals surface area contributed by atoms with Crippen molar-refractivity contribution in [2.45, 2.75) is 66.1 Å². The maximum atomic E-state index is 5.89. The van der Waals surface area contributed by atoms with Crippen LogP contribution in [0.3, 0.4) is 0 Å². The molecule has 21 heavy (non-hydrogen) atoms. The lowest BCUT2D eigenvalue weighted by Gasteiger charge is -2.29. The normalized spacial score (nSPS) is 14.9. The maximum absolute atomic E-state index is 5.89. The van der Waals surface area contributed by atoms with E-state index in [4.69, 9.17) is 18.3 Å². The Morgan fingerprint density at radius 2 is 1.52 bits per heavy atom. The smallest absolute Gasteiger partial charge is 0.374 e. The Hall–Kier alpha value is -0.0162. The van der Waals surface area contributed by atoms with Crippen LogP contribution in [0.15, 0.2) is 4.99 Å². The fraction of sp³-hybridized carbons (Fsp3) is 0.933. The van der Waals surface area contributed by atoms with Gasteiger partial charge in [-0.2, -0.15) is 0 Å². The van der Waals surface area contributed by atoms with Crippen molar-refractivity contribution in [2.75, 3.05) is 19.8 Å². The Labute approximate surface area is 135 Å². The van der Waals surface area contributed by atoms with E-state index in [9.17, 15) is 0 Å². The molecule has 0 N–H and O–H groups in total. The van der Waals surface area contributed by atoms with Crippen molar-refractivity contribution in [3.8, 4) is 0 Å². The molecule has 0 aromatic rings. The Morgan fingerprint density at radius 1 is 1.05 bits per heavy atom. The lowest BCUT2D eigenvalue weighted by Crippen LogP contribution is -2.46. The van der Waals surface area contributed by atoms with E-state index >= 15 is 0 Å². The van der Waals surface area contributed by atoms with Gasteiger partial charge in [0.05, 0.1) is 0 Å². The summed E-state index contributed by atoms with van der Waals surface area (Å²) in [4.78, 5) is 4.83. The molecule has 0 aliphatic carbocycles. The van der Waals surface area contributed by atoms with E-state index in [1.54, 1.807) is 0 Å². The van der Waals surface area contributed by atoms with Crippen LogP contribution in [0.1, 0.15) is 54.4 Å². The predicted octanol–water partition coefficient (Wildman–Crippen LogP) is 2.62. The quantitative estimate of drug-likeness (QED) is 0.407. The van der Waals surface area contributed by atoms with E-state index in [0.29, 0.717) is 31.4 Å². The molecule has 4 nitrogen and oxygen atoms in total. The van der Waals surface area contributed by atoms with Gasteiger partial charge >= 0.3 is 8.80 Å². The summed E-state index contributed by atoms with van der Waals surface area (Å²) in [6, 6.07) is 0.870. The first-order valence-electron chi connectivity index (χ1n) is 8.34. The van der Waals surface area contributed by atoms with Crippen LogP contribution in [0.5, 0.6) is 0 Å². The molecule has 0 rings (SSSR count). The van der Waals surface area contributed by atoms with Crippen molar-refractivity contribution in [1.29, 1.82) is 0 Å². The first kappa shape index (κ1) is 21.0. The maximum Gasteiger partial charge on any atom is 0.500 e. The highest BCUT2D eigenvalue weighted by Gasteiger charge is 2.40. The Morgan fingerprint density at radius 3 is 1.90 bits per heavy atom. The van der Waals surface area contributed by atoms with Gasteiger partial charge < -0.3 is 13.3 Å². The minimum absolute atomic E-state index is 0.428. The number of rotatable bonds is 12. The molecule has 0 heterocycles. The van der Waals surface area contributed by atoms with Crippen LogP contribution >= 0.6 is 0 Å². The monoisotopic (exact) mass is 333 g/mol. The van der Waals surface area contributed by atoms with Crippen molar-refractivity contribution in [3.05, 3.63) is 0 Å². The highest BCUT2D eigenvalue weighted by atomic mass is 28.4. The van der Waals surface area contributed by atoms with Crippen LogP contribution in [-0.2, 0) is 13.3 Å². The van der Waals surface area contributed by atoms with Gasteiger partial charge in [-0.3, -0.25) is 4.99 Å². The summed E-state index contributed by atoms with van der Waals surface area (Å²) < 4.78 is 17.7. The predicted molar refractivity (Wildman–Crippen MR) is 96.3 cm³/mol. The van der Waals surface area contributed by atoms with Gasteiger partial charge in [0.15, 0.2) is 0 Å². The van der Waals surface area contributed by atoms with E-state index in [0.717, 1.165) is 29.1 Å². The van der Waals surface area contributed by atoms with E-state index < -0.39 is 8.80 Å². The lowest BCUT2D eigenvalue weighted by molar-refractivity contribution is 0.0708. The second-order valence-electron chi connectivity index (χ2n) is 5.83. The van der Waals surface area contributed by atoms with Crippen molar-refractivity contribution in [1.82, 2.24) is 0 Å². The zero-order chi connectivity index (χ0) is 16.3. The molecule has 0 radical (unpaired) electrons. The van der Waals surface area contributed by atoms with E-state index in [1.165, 1.54) is 5.71 Å². The van der Waals surface area contributed by atoms with Gasteiger partial charge in [0, 0.05) is 47.5 Å². The van der Waals surface area contributed by atoms with Gasteiger partial charge in [-0.15, -0.1) is 0 Å². The zero-order valence-electron chi connectivity index (χ0n) is 15.1. The zero-order valence-corrected chi connectivity index (χ0v) is 18.1. The van der Waals surface area contributed by atoms with Crippen LogP contribution in [0, 0.1) is 5.92 Å². The van der Waals surface area contributed by atoms with Crippen LogP contribution in [0.2, 0.25) is 6.04 Å². The first-order valence-corrected chi connectivity index (χ1v) is 11.4. The van der Waals surface area contributed by atoms with E-state index in [-0.39, 0.29) is 0 Å². The Balaban J connectivity index is 4.57. The molecule has 0 fully saturated rings. The Kier molecular flexibility index (Phi) is 11.5. The molecule has 0 aromatic carbocycles. The molecular formula is C15H35NO3Si2. The number of aliphatic imine (C=N–C) groups is 1. The van der Waals surface area contributed by atoms with Crippen LogP contribution in [0.4, 0.5) is 0 Å². The highest BCUT2D eigenvalue weighted by Crippen LogP contribution is 2.20. The van der Waals surface area contributed by atoms with Crippen molar-refractivity contribution >= 4 is 24.8 Å². The first-order chi connectivity index (χ1) is 9.89. The number of nitrogens with zero attached hydrogens (tertiary/aromatic N) is 1. The second-order valence-corrected chi connectivity index (χ2v) is 9.90. The molecule has 0 saturated carbocycles. The highest BCUT2D eigenvalue weighted by molar-refractivity contribution is 6.60. The molecule has 0 saturated heterocycles. The molecule has 126 valence electrons. The number of hydrogen-bond acceptors (Lipinski definition) is 4. The van der Waals surface area contributed by atoms with Gasteiger partial charge in [-0.25, -0.2) is 0 Å². The molecule has 0 aromatic heterocycles. The Bertz CT molecular complexity index is 282. The third-order valence-electron chi connectivity index (χ3n) is 3.11. The van der Waals surface area contributed by atoms with Crippen LogP contribution in [-0.4, -0.2) is 50.2 Å². The topological polar surface area (TPSA) is 40.0 Å². The SMILES string of the molecule is CCO[Si](CCC([SiH3])N=C(C)CC(C)C)(OCC)OCC. The number of hydrogen-bond donors (Lipinski definition) is 0. The third-order valence-corrected chi connectivity index (χ3v) is 7.03. The molecule has 1 atom stereocenters. The lowest BCUT2D eigenvalue weighted by atomic mass is 10.1. The summed E-state index contributed by atoms with van der Waals surface area (Å²) in [5, 5.41) is 0. The summed E-state index contributed by atoms with van der Waals surface area (Å²) in [6.45, 7) is 14.6. The summed E-state index contributed by atoms with van der Waals surface area (Å²) >= 11 is 0. The summed E-state index contributed by atoms with van der Waals surface area (Å²) in [5.74, 6) is 0.673. The van der Waals surface area contributed by atoms with Gasteiger partial charge in [0.25, 0.3) is 0 Å². The molecular weight excluding hydrogens is 298 g/mol. The standard InChI is InChI=1S/C15H35NO3Si2/c1-7-17-21(18-8-2,19-9-3)11-10-15(20)16-14(6)12-13(4)5/h13,15H,7-12H2,1-6,20H3. The van der Waals surface area contributed by atoms with Gasteiger partial charge in [-0.1, -0.05) is 13.8 Å². The average molecular weight is 334 g/mol. The minimum atomic E-state index is -2.49. The summed E-state index contributed by atoms with van der Waals surface area (Å²) in [6.07, 6.45) is 2.09. The fourth-order valence-electron chi connectivity index (χ4n) is 2.47. The summed E-state index contributed by atoms with van der Waals surface area (Å²) in [5.41, 5.74) is 1.69. The van der Waals surface area contributed by atoms with Crippen molar-refractivity contribution in [3.63, 3.8) is 0 Å². The largest absolute Gasteiger partial charge is 0.500 e. The minimum Gasteiger partial charge on any atom is -0.374 e. The average Bonchev–Trinajstić information content (AvgIpc) is 2.36. The van der Waals surface area contributed by atoms with E-state index in [2.05, 4.69) is 20.8 Å². The third kappa shape index (κ3) is 9.57.